The average molecular weight is 492 g/mol. The molecule has 1 aromatic carbocycles. The third kappa shape index (κ3) is 6.74. The summed E-state index contributed by atoms with van der Waals surface area (Å²) in [5.74, 6) is 0.358. The van der Waals surface area contributed by atoms with Crippen LogP contribution in [-0.4, -0.2) is 57.8 Å². The van der Waals surface area contributed by atoms with E-state index in [0.717, 1.165) is 32.3 Å². The molecule has 0 bridgehead atoms. The van der Waals surface area contributed by atoms with Crippen molar-refractivity contribution < 1.29 is 34.4 Å². The van der Waals surface area contributed by atoms with Gasteiger partial charge in [-0.2, -0.15) is 0 Å². The van der Waals surface area contributed by atoms with Gasteiger partial charge in [0.2, 0.25) is 0 Å². The van der Waals surface area contributed by atoms with Gasteiger partial charge in [-0.15, -0.1) is 0 Å². The summed E-state index contributed by atoms with van der Waals surface area (Å²) < 4.78 is 11.9. The lowest BCUT2D eigenvalue weighted by Crippen LogP contribution is -2.54. The molecule has 1 saturated heterocycles. The van der Waals surface area contributed by atoms with E-state index in [1.54, 1.807) is 12.1 Å². The number of hydrogen-bond acceptors (Lipinski definition) is 6. The molecule has 2 fully saturated rings. The first-order chi connectivity index (χ1) is 16.4. The molecule has 2 unspecified atom stereocenters. The second-order valence-electron chi connectivity index (χ2n) is 11.1. The number of ether oxygens (including phenoxy) is 2. The fourth-order valence-corrected chi connectivity index (χ4v) is 5.71. The van der Waals surface area contributed by atoms with Gasteiger partial charge in [-0.3, -0.25) is 4.79 Å². The van der Waals surface area contributed by atoms with Crippen LogP contribution in [0.2, 0.25) is 0 Å². The first kappa shape index (κ1) is 27.4. The third-order valence-electron chi connectivity index (χ3n) is 7.99. The topological polar surface area (TPSA) is 125 Å². The number of amides is 1. The maximum atomic E-state index is 12.5. The Morgan fingerprint density at radius 3 is 2.34 bits per heavy atom. The van der Waals surface area contributed by atoms with E-state index in [1.807, 2.05) is 6.92 Å². The number of aliphatic hydroxyl groups is 2. The molecule has 0 aromatic heterocycles. The Labute approximate surface area is 208 Å². The van der Waals surface area contributed by atoms with Gasteiger partial charge >= 0.3 is 5.97 Å². The maximum Gasteiger partial charge on any atom is 0.329 e. The molecule has 2 aliphatic rings. The molecule has 8 nitrogen and oxygen atoms in total. The Hall–Kier alpha value is -2.16. The van der Waals surface area contributed by atoms with Crippen LogP contribution in [0.3, 0.4) is 0 Å². The van der Waals surface area contributed by atoms with E-state index in [1.165, 1.54) is 26.0 Å². The van der Waals surface area contributed by atoms with E-state index in [2.05, 4.69) is 19.2 Å². The van der Waals surface area contributed by atoms with Gasteiger partial charge in [0.25, 0.3) is 5.91 Å². The van der Waals surface area contributed by atoms with E-state index in [0.29, 0.717) is 29.4 Å². The highest BCUT2D eigenvalue weighted by Crippen LogP contribution is 2.46. The van der Waals surface area contributed by atoms with Gasteiger partial charge in [0, 0.05) is 11.5 Å². The number of carboxylic acid groups (broad SMARTS) is 1. The minimum absolute atomic E-state index is 0.0851. The monoisotopic (exact) mass is 491 g/mol. The summed E-state index contributed by atoms with van der Waals surface area (Å²) in [7, 11) is 0. The SMILES string of the molecule is CC1CC[C@@H]2C(CO1)[C@H]([C@@H](C)[C@H](O)Oc1ccc(C(=O)N[C@H](C(=O)O)C(C)(C)O)cc1)CC[C@H]2C. The fraction of sp³-hybridized carbons (Fsp3) is 0.704. The lowest BCUT2D eigenvalue weighted by Gasteiger charge is -2.44. The number of carbonyl (C=O) groups excluding carboxylic acids is 1. The normalized spacial score (nSPS) is 29.7. The highest BCUT2D eigenvalue weighted by molar-refractivity contribution is 5.97. The lowest BCUT2D eigenvalue weighted by molar-refractivity contribution is -0.145. The molecule has 1 saturated carbocycles. The summed E-state index contributed by atoms with van der Waals surface area (Å²) in [4.78, 5) is 23.9. The summed E-state index contributed by atoms with van der Waals surface area (Å²) in [5, 5.41) is 32.6. The van der Waals surface area contributed by atoms with Crippen LogP contribution in [-0.2, 0) is 9.53 Å². The quantitative estimate of drug-likeness (QED) is 0.411. The fourth-order valence-electron chi connectivity index (χ4n) is 5.71. The first-order valence-corrected chi connectivity index (χ1v) is 12.7. The number of aliphatic carboxylic acids is 1. The predicted octanol–water partition coefficient (Wildman–Crippen LogP) is 3.45. The minimum atomic E-state index is -1.62. The van der Waals surface area contributed by atoms with Crippen LogP contribution in [0.1, 0.15) is 70.7 Å². The van der Waals surface area contributed by atoms with Gasteiger partial charge in [0.15, 0.2) is 12.3 Å². The molecule has 1 heterocycles. The number of fused-ring (bicyclic) bond motifs is 1. The molecular formula is C27H41NO7. The van der Waals surface area contributed by atoms with Crippen molar-refractivity contribution in [1.82, 2.24) is 5.32 Å². The van der Waals surface area contributed by atoms with Crippen LogP contribution in [0.5, 0.6) is 5.75 Å². The number of carboxylic acids is 1. The van der Waals surface area contributed by atoms with Crippen molar-refractivity contribution in [3.05, 3.63) is 29.8 Å². The van der Waals surface area contributed by atoms with Crippen molar-refractivity contribution in [3.63, 3.8) is 0 Å². The van der Waals surface area contributed by atoms with Crippen LogP contribution < -0.4 is 10.1 Å². The lowest BCUT2D eigenvalue weighted by atomic mass is 9.62. The molecule has 8 atom stereocenters. The summed E-state index contributed by atoms with van der Waals surface area (Å²) in [6.07, 6.45) is 3.69. The molecule has 1 amide bonds. The average Bonchev–Trinajstić information content (AvgIpc) is 2.99. The Balaban J connectivity index is 1.63. The van der Waals surface area contributed by atoms with Crippen LogP contribution in [0, 0.1) is 29.6 Å². The van der Waals surface area contributed by atoms with Crippen molar-refractivity contribution in [3.8, 4) is 5.75 Å². The molecule has 1 aliphatic heterocycles. The Bertz CT molecular complexity index is 865. The second-order valence-corrected chi connectivity index (χ2v) is 11.1. The zero-order chi connectivity index (χ0) is 25.9. The van der Waals surface area contributed by atoms with Gasteiger partial charge in [0.1, 0.15) is 5.75 Å². The number of hydrogen-bond donors (Lipinski definition) is 4. The van der Waals surface area contributed by atoms with E-state index in [4.69, 9.17) is 9.47 Å². The van der Waals surface area contributed by atoms with Crippen molar-refractivity contribution in [2.45, 2.75) is 84.3 Å². The maximum absolute atomic E-state index is 12.5. The summed E-state index contributed by atoms with van der Waals surface area (Å²) in [6, 6.07) is 4.71. The molecule has 1 aliphatic carbocycles. The first-order valence-electron chi connectivity index (χ1n) is 12.7. The molecule has 1 aromatic rings. The molecule has 35 heavy (non-hydrogen) atoms. The zero-order valence-corrected chi connectivity index (χ0v) is 21.4. The number of carbonyl (C=O) groups is 2. The zero-order valence-electron chi connectivity index (χ0n) is 21.4. The number of rotatable bonds is 8. The van der Waals surface area contributed by atoms with Gasteiger partial charge in [-0.05, 0) is 88.0 Å². The van der Waals surface area contributed by atoms with Crippen molar-refractivity contribution in [1.29, 1.82) is 0 Å². The molecule has 0 radical (unpaired) electrons. The van der Waals surface area contributed by atoms with Crippen LogP contribution in [0.25, 0.3) is 0 Å². The van der Waals surface area contributed by atoms with E-state index in [-0.39, 0.29) is 17.6 Å². The van der Waals surface area contributed by atoms with Crippen LogP contribution >= 0.6 is 0 Å². The molecule has 3 rings (SSSR count). The van der Waals surface area contributed by atoms with E-state index < -0.39 is 29.8 Å². The van der Waals surface area contributed by atoms with E-state index in [9.17, 15) is 24.9 Å². The van der Waals surface area contributed by atoms with Crippen LogP contribution in [0.4, 0.5) is 0 Å². The van der Waals surface area contributed by atoms with Gasteiger partial charge in [-0.25, -0.2) is 4.79 Å². The standard InChI is InChI=1S/C27H41NO7/c1-15-6-12-21(22-14-34-16(2)7-13-20(15)22)17(3)26(32)35-19-10-8-18(9-11-19)24(29)28-23(25(30)31)27(4,5)33/h8-11,15-17,20-23,26,32-33H,6-7,12-14H2,1-5H3,(H,28,29)(H,30,31)/t15-,16?,17-,20+,21+,22?,23-,26-/m1/s1. The highest BCUT2D eigenvalue weighted by atomic mass is 16.6. The number of nitrogens with one attached hydrogen (secondary N) is 1. The Kier molecular flexibility index (Phi) is 8.83. The smallest absolute Gasteiger partial charge is 0.329 e. The van der Waals surface area contributed by atoms with Gasteiger partial charge < -0.3 is 30.1 Å². The molecule has 8 heteroatoms. The highest BCUT2D eigenvalue weighted by Gasteiger charge is 2.43. The van der Waals surface area contributed by atoms with E-state index >= 15 is 0 Å². The van der Waals surface area contributed by atoms with Gasteiger partial charge in [0.05, 0.1) is 18.3 Å². The molecule has 0 spiro atoms. The Morgan fingerprint density at radius 2 is 1.74 bits per heavy atom. The largest absolute Gasteiger partial charge is 0.480 e. The molecular weight excluding hydrogens is 450 g/mol. The predicted molar refractivity (Wildman–Crippen MR) is 131 cm³/mol. The molecule has 196 valence electrons. The van der Waals surface area contributed by atoms with Crippen molar-refractivity contribution >= 4 is 11.9 Å². The second kappa shape index (κ2) is 11.3. The summed E-state index contributed by atoms with van der Waals surface area (Å²) >= 11 is 0. The minimum Gasteiger partial charge on any atom is -0.480 e. The number of benzene rings is 1. The van der Waals surface area contributed by atoms with Crippen molar-refractivity contribution in [2.75, 3.05) is 6.61 Å². The molecule has 4 N–H and O–H groups in total. The van der Waals surface area contributed by atoms with Gasteiger partial charge in [-0.1, -0.05) is 20.3 Å². The van der Waals surface area contributed by atoms with Crippen LogP contribution in [0.15, 0.2) is 24.3 Å². The van der Waals surface area contributed by atoms with Crippen molar-refractivity contribution in [2.24, 2.45) is 29.6 Å². The Morgan fingerprint density at radius 1 is 1.09 bits per heavy atom. The number of aliphatic hydroxyl groups excluding tert-OH is 1. The summed E-state index contributed by atoms with van der Waals surface area (Å²) in [6.45, 7) is 9.87. The summed E-state index contributed by atoms with van der Waals surface area (Å²) in [5.41, 5.74) is -1.40. The third-order valence-corrected chi connectivity index (χ3v) is 7.99.